The van der Waals surface area contributed by atoms with E-state index in [9.17, 15) is 14.4 Å². The molecule has 0 saturated heterocycles. The van der Waals surface area contributed by atoms with Crippen LogP contribution in [0.1, 0.15) is 156 Å². The molecule has 1 rings (SSSR count). The van der Waals surface area contributed by atoms with E-state index in [-0.39, 0.29) is 35.5 Å². The van der Waals surface area contributed by atoms with Gasteiger partial charge in [0.2, 0.25) is 17.7 Å². The fourth-order valence-electron chi connectivity index (χ4n) is 5.75. The van der Waals surface area contributed by atoms with Crippen LogP contribution < -0.4 is 16.0 Å². The van der Waals surface area contributed by atoms with Crippen LogP contribution in [0.4, 0.5) is 0 Å². The number of amides is 3. The molecule has 6 heteroatoms. The summed E-state index contributed by atoms with van der Waals surface area (Å²) in [6.45, 7) is 8.71. The van der Waals surface area contributed by atoms with Crippen molar-refractivity contribution in [1.29, 1.82) is 0 Å². The van der Waals surface area contributed by atoms with Crippen molar-refractivity contribution in [2.24, 2.45) is 17.8 Å². The first kappa shape index (κ1) is 35.4. The highest BCUT2D eigenvalue weighted by atomic mass is 16.2. The van der Waals surface area contributed by atoms with Crippen LogP contribution >= 0.6 is 0 Å². The van der Waals surface area contributed by atoms with Crippen LogP contribution in [0.2, 0.25) is 0 Å². The molecule has 0 atom stereocenters. The van der Waals surface area contributed by atoms with Crippen LogP contribution in [0.15, 0.2) is 0 Å². The summed E-state index contributed by atoms with van der Waals surface area (Å²) >= 11 is 0. The lowest BCUT2D eigenvalue weighted by atomic mass is 9.74. The molecule has 3 N–H and O–H groups in total. The third-order valence-corrected chi connectivity index (χ3v) is 8.31. The van der Waals surface area contributed by atoms with Gasteiger partial charge in [-0.2, -0.15) is 0 Å². The largest absolute Gasteiger partial charge is 0.356 e. The van der Waals surface area contributed by atoms with Gasteiger partial charge in [0.1, 0.15) is 0 Å². The van der Waals surface area contributed by atoms with Gasteiger partial charge in [0.05, 0.1) is 0 Å². The van der Waals surface area contributed by atoms with Gasteiger partial charge in [-0.15, -0.1) is 0 Å². The number of rotatable bonds is 24. The van der Waals surface area contributed by atoms with Crippen LogP contribution in [0.25, 0.3) is 0 Å². The maximum Gasteiger partial charge on any atom is 0.223 e. The molecule has 1 saturated carbocycles. The zero-order chi connectivity index (χ0) is 28.6. The Morgan fingerprint density at radius 1 is 0.410 bits per heavy atom. The van der Waals surface area contributed by atoms with Crippen LogP contribution in [0.5, 0.6) is 0 Å². The summed E-state index contributed by atoms with van der Waals surface area (Å²) in [6, 6.07) is 0. The lowest BCUT2D eigenvalue weighted by Crippen LogP contribution is -2.45. The summed E-state index contributed by atoms with van der Waals surface area (Å²) in [4.78, 5) is 39.2. The van der Waals surface area contributed by atoms with E-state index in [1.165, 1.54) is 77.0 Å². The van der Waals surface area contributed by atoms with Crippen molar-refractivity contribution in [1.82, 2.24) is 16.0 Å². The zero-order valence-corrected chi connectivity index (χ0v) is 25.9. The average molecular weight is 550 g/mol. The van der Waals surface area contributed by atoms with E-state index in [4.69, 9.17) is 0 Å². The van der Waals surface area contributed by atoms with Gasteiger partial charge in [-0.3, -0.25) is 14.4 Å². The number of hydrogen-bond donors (Lipinski definition) is 3. The average Bonchev–Trinajstić information content (AvgIpc) is 2.95. The van der Waals surface area contributed by atoms with Crippen molar-refractivity contribution >= 4 is 17.7 Å². The summed E-state index contributed by atoms with van der Waals surface area (Å²) in [7, 11) is 0. The third-order valence-electron chi connectivity index (χ3n) is 8.31. The van der Waals surface area contributed by atoms with E-state index in [0.717, 1.165) is 38.5 Å². The molecule has 0 unspecified atom stereocenters. The first-order valence-electron chi connectivity index (χ1n) is 16.9. The Morgan fingerprint density at radius 2 is 0.641 bits per heavy atom. The zero-order valence-electron chi connectivity index (χ0n) is 25.9. The van der Waals surface area contributed by atoms with E-state index >= 15 is 0 Å². The molecule has 0 spiro atoms. The molecule has 0 heterocycles. The van der Waals surface area contributed by atoms with Crippen molar-refractivity contribution in [3.63, 3.8) is 0 Å². The molecule has 1 fully saturated rings. The molecule has 1 aliphatic carbocycles. The number of hydrogen-bond acceptors (Lipinski definition) is 3. The van der Waals surface area contributed by atoms with Crippen LogP contribution in [-0.2, 0) is 14.4 Å². The Balaban J connectivity index is 2.55. The Morgan fingerprint density at radius 3 is 0.897 bits per heavy atom. The summed E-state index contributed by atoms with van der Waals surface area (Å²) in [5.74, 6) is -0.752. The van der Waals surface area contributed by atoms with Crippen LogP contribution in [-0.4, -0.2) is 37.4 Å². The van der Waals surface area contributed by atoms with Gasteiger partial charge in [-0.05, 0) is 38.5 Å². The van der Waals surface area contributed by atoms with E-state index in [1.54, 1.807) is 0 Å². The second kappa shape index (κ2) is 24.2. The molecule has 3 amide bonds. The highest BCUT2D eigenvalue weighted by molar-refractivity contribution is 5.85. The Kier molecular flexibility index (Phi) is 22.0. The quantitative estimate of drug-likeness (QED) is 0.109. The number of carbonyl (C=O) groups is 3. The van der Waals surface area contributed by atoms with Crippen LogP contribution in [0.3, 0.4) is 0 Å². The molecule has 0 aromatic carbocycles. The SMILES string of the molecule is CCCCCCCCNC(=O)C1CC(C(=O)NCCCCCCCC)CC(C(=O)NCCCCCCCC)C1. The maximum atomic E-state index is 13.1. The normalized spacial score (nSPS) is 19.0. The summed E-state index contributed by atoms with van der Waals surface area (Å²) in [5, 5.41) is 9.34. The minimum Gasteiger partial charge on any atom is -0.356 e. The lowest BCUT2D eigenvalue weighted by molar-refractivity contribution is -0.134. The molecule has 0 bridgehead atoms. The highest BCUT2D eigenvalue weighted by Crippen LogP contribution is 2.34. The van der Waals surface area contributed by atoms with Gasteiger partial charge < -0.3 is 16.0 Å². The van der Waals surface area contributed by atoms with Crippen molar-refractivity contribution in [2.45, 2.75) is 156 Å². The first-order valence-corrected chi connectivity index (χ1v) is 16.9. The fourth-order valence-corrected chi connectivity index (χ4v) is 5.75. The van der Waals surface area contributed by atoms with E-state index in [2.05, 4.69) is 36.7 Å². The van der Waals surface area contributed by atoms with Gasteiger partial charge in [0.25, 0.3) is 0 Å². The first-order chi connectivity index (χ1) is 19.0. The fraction of sp³-hybridized carbons (Fsp3) is 0.909. The van der Waals surface area contributed by atoms with Gasteiger partial charge in [-0.1, -0.05) is 117 Å². The topological polar surface area (TPSA) is 87.3 Å². The smallest absolute Gasteiger partial charge is 0.223 e. The van der Waals surface area contributed by atoms with Crippen molar-refractivity contribution in [3.8, 4) is 0 Å². The molecule has 0 aromatic heterocycles. The monoisotopic (exact) mass is 549 g/mol. The van der Waals surface area contributed by atoms with E-state index in [0.29, 0.717) is 38.9 Å². The Labute approximate surface area is 241 Å². The predicted octanol–water partition coefficient (Wildman–Crippen LogP) is 7.45. The molecular weight excluding hydrogens is 486 g/mol. The molecule has 6 nitrogen and oxygen atoms in total. The Bertz CT molecular complexity index is 548. The summed E-state index contributed by atoms with van der Waals surface area (Å²) < 4.78 is 0. The minimum absolute atomic E-state index is 0.0192. The molecule has 0 aromatic rings. The number of carbonyl (C=O) groups excluding carboxylic acids is 3. The third kappa shape index (κ3) is 17.7. The van der Waals surface area contributed by atoms with Gasteiger partial charge >= 0.3 is 0 Å². The molecule has 1 aliphatic rings. The van der Waals surface area contributed by atoms with E-state index in [1.807, 2.05) is 0 Å². The standard InChI is InChI=1S/C33H63N3O3/c1-4-7-10-13-16-19-22-34-31(37)28-25-29(32(38)35-23-20-17-14-11-8-5-2)27-30(26-28)33(39)36-24-21-18-15-12-9-6-3/h28-30H,4-27H2,1-3H3,(H,34,37)(H,35,38)(H,36,39). The Hall–Kier alpha value is -1.59. The van der Waals surface area contributed by atoms with Gasteiger partial charge in [0, 0.05) is 37.4 Å². The van der Waals surface area contributed by atoms with Crippen molar-refractivity contribution in [3.05, 3.63) is 0 Å². The molecule has 0 radical (unpaired) electrons. The van der Waals surface area contributed by atoms with Gasteiger partial charge in [0.15, 0.2) is 0 Å². The second-order valence-corrected chi connectivity index (χ2v) is 12.0. The lowest BCUT2D eigenvalue weighted by Gasteiger charge is -2.33. The predicted molar refractivity (Wildman–Crippen MR) is 163 cm³/mol. The summed E-state index contributed by atoms with van der Waals surface area (Å²) in [5.41, 5.74) is 0. The molecule has 228 valence electrons. The van der Waals surface area contributed by atoms with Gasteiger partial charge in [-0.25, -0.2) is 0 Å². The van der Waals surface area contributed by atoms with Crippen molar-refractivity contribution in [2.75, 3.05) is 19.6 Å². The van der Waals surface area contributed by atoms with E-state index < -0.39 is 0 Å². The van der Waals surface area contributed by atoms with Crippen LogP contribution in [0, 0.1) is 17.8 Å². The number of nitrogens with one attached hydrogen (secondary N) is 3. The molecular formula is C33H63N3O3. The molecule has 0 aliphatic heterocycles. The second-order valence-electron chi connectivity index (χ2n) is 12.0. The summed E-state index contributed by atoms with van der Waals surface area (Å²) in [6.07, 6.45) is 23.0. The highest BCUT2D eigenvalue weighted by Gasteiger charge is 2.38. The number of unbranched alkanes of at least 4 members (excludes halogenated alkanes) is 15. The molecule has 39 heavy (non-hydrogen) atoms. The minimum atomic E-state index is -0.270. The van der Waals surface area contributed by atoms with Crippen molar-refractivity contribution < 1.29 is 14.4 Å². The maximum absolute atomic E-state index is 13.1.